The van der Waals surface area contributed by atoms with E-state index in [-0.39, 0.29) is 5.82 Å². The van der Waals surface area contributed by atoms with Gasteiger partial charge in [0.1, 0.15) is 5.82 Å². The van der Waals surface area contributed by atoms with Crippen molar-refractivity contribution in [3.05, 3.63) is 34.6 Å². The molecule has 3 unspecified atom stereocenters. The minimum absolute atomic E-state index is 0.170. The van der Waals surface area contributed by atoms with Gasteiger partial charge in [-0.2, -0.15) is 0 Å². The third kappa shape index (κ3) is 3.35. The molecule has 3 rings (SSSR count). The monoisotopic (exact) mass is 295 g/mol. The van der Waals surface area contributed by atoms with E-state index in [1.807, 2.05) is 0 Å². The average Bonchev–Trinajstić information content (AvgIpc) is 3.24. The Balaban J connectivity index is 1.78. The normalized spacial score (nSPS) is 30.4. The van der Waals surface area contributed by atoms with E-state index in [9.17, 15) is 4.39 Å². The molecular weight excluding hydrogens is 273 g/mol. The van der Waals surface area contributed by atoms with Gasteiger partial charge in [-0.15, -0.1) is 0 Å². The first-order valence-corrected chi connectivity index (χ1v) is 8.19. The van der Waals surface area contributed by atoms with E-state index in [1.165, 1.54) is 31.7 Å². The molecule has 2 fully saturated rings. The molecule has 3 atom stereocenters. The molecule has 3 heteroatoms. The SMILES string of the molecule is CC1CCC(CNC2CC2)C(c2cc(F)ccc2Cl)C1. The van der Waals surface area contributed by atoms with Gasteiger partial charge < -0.3 is 5.32 Å². The van der Waals surface area contributed by atoms with Gasteiger partial charge in [0.25, 0.3) is 0 Å². The quantitative estimate of drug-likeness (QED) is 0.845. The minimum atomic E-state index is -0.170. The van der Waals surface area contributed by atoms with E-state index >= 15 is 0 Å². The molecule has 2 aliphatic carbocycles. The average molecular weight is 296 g/mol. The Kier molecular flexibility index (Phi) is 4.32. The topological polar surface area (TPSA) is 12.0 Å². The molecule has 1 aromatic carbocycles. The Morgan fingerprint density at radius 1 is 1.25 bits per heavy atom. The Morgan fingerprint density at radius 3 is 2.80 bits per heavy atom. The van der Waals surface area contributed by atoms with Crippen molar-refractivity contribution in [1.29, 1.82) is 0 Å². The van der Waals surface area contributed by atoms with Gasteiger partial charge in [-0.25, -0.2) is 4.39 Å². The molecule has 0 heterocycles. The van der Waals surface area contributed by atoms with Crippen LogP contribution >= 0.6 is 11.6 Å². The van der Waals surface area contributed by atoms with Crippen LogP contribution in [0.5, 0.6) is 0 Å². The second kappa shape index (κ2) is 6.03. The summed E-state index contributed by atoms with van der Waals surface area (Å²) in [6.07, 6.45) is 6.25. The summed E-state index contributed by atoms with van der Waals surface area (Å²) in [7, 11) is 0. The number of hydrogen-bond acceptors (Lipinski definition) is 1. The third-order valence-corrected chi connectivity index (χ3v) is 5.20. The zero-order valence-corrected chi connectivity index (χ0v) is 12.8. The maximum absolute atomic E-state index is 13.6. The Labute approximate surface area is 125 Å². The van der Waals surface area contributed by atoms with Crippen LogP contribution in [0.4, 0.5) is 4.39 Å². The molecule has 0 spiro atoms. The van der Waals surface area contributed by atoms with Crippen LogP contribution in [-0.2, 0) is 0 Å². The van der Waals surface area contributed by atoms with Crippen LogP contribution in [-0.4, -0.2) is 12.6 Å². The predicted molar refractivity (Wildman–Crippen MR) is 81.7 cm³/mol. The number of nitrogens with one attached hydrogen (secondary N) is 1. The van der Waals surface area contributed by atoms with Crippen LogP contribution in [0.15, 0.2) is 18.2 Å². The smallest absolute Gasteiger partial charge is 0.123 e. The van der Waals surface area contributed by atoms with Gasteiger partial charge in [0.15, 0.2) is 0 Å². The van der Waals surface area contributed by atoms with Crippen LogP contribution in [0.2, 0.25) is 5.02 Å². The summed E-state index contributed by atoms with van der Waals surface area (Å²) in [5.74, 6) is 1.52. The highest BCUT2D eigenvalue weighted by Gasteiger charge is 2.32. The van der Waals surface area contributed by atoms with E-state index in [4.69, 9.17) is 11.6 Å². The molecule has 0 amide bonds. The van der Waals surface area contributed by atoms with Gasteiger partial charge in [0.2, 0.25) is 0 Å². The summed E-state index contributed by atoms with van der Waals surface area (Å²) in [5, 5.41) is 4.36. The van der Waals surface area contributed by atoms with Crippen molar-refractivity contribution in [2.45, 2.75) is 51.0 Å². The fraction of sp³-hybridized carbons (Fsp3) is 0.647. The number of hydrogen-bond donors (Lipinski definition) is 1. The van der Waals surface area contributed by atoms with Crippen molar-refractivity contribution in [3.8, 4) is 0 Å². The second-order valence-electron chi connectivity index (χ2n) is 6.63. The van der Waals surface area contributed by atoms with Gasteiger partial charge in [-0.3, -0.25) is 0 Å². The van der Waals surface area contributed by atoms with Crippen molar-refractivity contribution in [2.75, 3.05) is 6.54 Å². The zero-order valence-electron chi connectivity index (χ0n) is 12.0. The summed E-state index contributed by atoms with van der Waals surface area (Å²) in [5.41, 5.74) is 1.01. The molecule has 1 nitrogen and oxygen atoms in total. The molecule has 1 aromatic rings. The molecule has 2 aliphatic rings. The first-order valence-electron chi connectivity index (χ1n) is 7.82. The Morgan fingerprint density at radius 2 is 2.05 bits per heavy atom. The molecule has 2 saturated carbocycles. The summed E-state index contributed by atoms with van der Waals surface area (Å²) in [6, 6.07) is 5.54. The van der Waals surface area contributed by atoms with Crippen molar-refractivity contribution in [3.63, 3.8) is 0 Å². The molecule has 0 radical (unpaired) electrons. The molecule has 0 saturated heterocycles. The lowest BCUT2D eigenvalue weighted by Gasteiger charge is -2.36. The summed E-state index contributed by atoms with van der Waals surface area (Å²) in [4.78, 5) is 0. The standard InChI is InChI=1S/C17H23ClFN/c1-11-2-3-12(10-20-14-5-6-14)15(8-11)16-9-13(19)4-7-17(16)18/h4,7,9,11-12,14-15,20H,2-3,5-6,8,10H2,1H3. The highest BCUT2D eigenvalue weighted by molar-refractivity contribution is 6.31. The number of rotatable bonds is 4. The lowest BCUT2D eigenvalue weighted by molar-refractivity contribution is 0.241. The van der Waals surface area contributed by atoms with E-state index < -0.39 is 0 Å². The van der Waals surface area contributed by atoms with Crippen LogP contribution in [0.3, 0.4) is 0 Å². The lowest BCUT2D eigenvalue weighted by atomic mass is 9.71. The predicted octanol–water partition coefficient (Wildman–Crippen LogP) is 4.75. The first-order chi connectivity index (χ1) is 9.63. The fourth-order valence-corrected chi connectivity index (χ4v) is 3.73. The second-order valence-corrected chi connectivity index (χ2v) is 7.04. The molecule has 0 aromatic heterocycles. The van der Waals surface area contributed by atoms with Crippen LogP contribution < -0.4 is 5.32 Å². The maximum atomic E-state index is 13.6. The Hall–Kier alpha value is -0.600. The van der Waals surface area contributed by atoms with Gasteiger partial charge in [-0.1, -0.05) is 24.9 Å². The number of halogens is 2. The first kappa shape index (κ1) is 14.3. The highest BCUT2D eigenvalue weighted by Crippen LogP contribution is 2.43. The molecule has 0 bridgehead atoms. The van der Waals surface area contributed by atoms with E-state index in [2.05, 4.69) is 12.2 Å². The minimum Gasteiger partial charge on any atom is -0.314 e. The largest absolute Gasteiger partial charge is 0.314 e. The maximum Gasteiger partial charge on any atom is 0.123 e. The van der Waals surface area contributed by atoms with E-state index in [0.717, 1.165) is 29.6 Å². The van der Waals surface area contributed by atoms with Gasteiger partial charge in [0, 0.05) is 11.1 Å². The van der Waals surface area contributed by atoms with Gasteiger partial charge in [0.05, 0.1) is 0 Å². The zero-order chi connectivity index (χ0) is 14.1. The van der Waals surface area contributed by atoms with Gasteiger partial charge >= 0.3 is 0 Å². The van der Waals surface area contributed by atoms with Crippen molar-refractivity contribution in [1.82, 2.24) is 5.32 Å². The van der Waals surface area contributed by atoms with E-state index in [0.29, 0.717) is 17.8 Å². The molecule has 0 aliphatic heterocycles. The lowest BCUT2D eigenvalue weighted by Crippen LogP contribution is -2.32. The van der Waals surface area contributed by atoms with Crippen molar-refractivity contribution in [2.24, 2.45) is 11.8 Å². The summed E-state index contributed by atoms with van der Waals surface area (Å²) in [6.45, 7) is 3.35. The van der Waals surface area contributed by atoms with Crippen LogP contribution in [0.25, 0.3) is 0 Å². The molecule has 1 N–H and O–H groups in total. The highest BCUT2D eigenvalue weighted by atomic mass is 35.5. The molecule has 20 heavy (non-hydrogen) atoms. The molecule has 110 valence electrons. The fourth-order valence-electron chi connectivity index (χ4n) is 3.47. The van der Waals surface area contributed by atoms with E-state index in [1.54, 1.807) is 12.1 Å². The van der Waals surface area contributed by atoms with Crippen molar-refractivity contribution >= 4 is 11.6 Å². The van der Waals surface area contributed by atoms with Gasteiger partial charge in [-0.05, 0) is 73.7 Å². The van der Waals surface area contributed by atoms with Crippen molar-refractivity contribution < 1.29 is 4.39 Å². The van der Waals surface area contributed by atoms with Crippen LogP contribution in [0, 0.1) is 17.7 Å². The summed E-state index contributed by atoms with van der Waals surface area (Å²) < 4.78 is 13.6. The number of benzene rings is 1. The summed E-state index contributed by atoms with van der Waals surface area (Å²) >= 11 is 6.33. The third-order valence-electron chi connectivity index (χ3n) is 4.86. The van der Waals surface area contributed by atoms with Crippen LogP contribution in [0.1, 0.15) is 50.5 Å². The Bertz CT molecular complexity index is 472. The molecular formula is C17H23ClFN.